The molecule has 0 aromatic carbocycles. The molecule has 1 aliphatic heterocycles. The smallest absolute Gasteiger partial charge is 0.230 e. The Kier molecular flexibility index (Phi) is 5.20. The Morgan fingerprint density at radius 3 is 2.44 bits per heavy atom. The zero-order valence-electron chi connectivity index (χ0n) is 14.7. The van der Waals surface area contributed by atoms with E-state index in [9.17, 15) is 4.79 Å². The fourth-order valence-corrected chi connectivity index (χ4v) is 3.61. The molecular formula is C18H19N7OS. The number of hydrogen-bond acceptors (Lipinski definition) is 8. The third-order valence-corrected chi connectivity index (χ3v) is 5.15. The summed E-state index contributed by atoms with van der Waals surface area (Å²) < 4.78 is 0. The van der Waals surface area contributed by atoms with E-state index in [-0.39, 0.29) is 5.91 Å². The van der Waals surface area contributed by atoms with Crippen LogP contribution in [0.25, 0.3) is 0 Å². The van der Waals surface area contributed by atoms with Crippen LogP contribution >= 0.6 is 11.3 Å². The van der Waals surface area contributed by atoms with E-state index in [1.807, 2.05) is 29.6 Å². The van der Waals surface area contributed by atoms with Crippen molar-refractivity contribution in [3.05, 3.63) is 53.0 Å². The number of nitrogens with zero attached hydrogens (tertiary/aromatic N) is 6. The Bertz CT molecular complexity index is 862. The molecule has 0 unspecified atom stereocenters. The molecule has 1 aliphatic rings. The molecular weight excluding hydrogens is 362 g/mol. The van der Waals surface area contributed by atoms with Crippen LogP contribution in [0.5, 0.6) is 0 Å². The number of piperazine rings is 1. The SMILES string of the molecule is O=C(Cc1cccs1)Nc1ccc(N2CCN(c3ncccn3)CC2)nn1. The Morgan fingerprint density at radius 1 is 1.00 bits per heavy atom. The minimum Gasteiger partial charge on any atom is -0.352 e. The molecule has 1 amide bonds. The number of aromatic nitrogens is 4. The molecule has 9 heteroatoms. The number of nitrogens with one attached hydrogen (secondary N) is 1. The van der Waals surface area contributed by atoms with E-state index in [1.165, 1.54) is 0 Å². The van der Waals surface area contributed by atoms with Crippen molar-refractivity contribution in [3.8, 4) is 0 Å². The van der Waals surface area contributed by atoms with Crippen LogP contribution in [0.1, 0.15) is 4.88 Å². The van der Waals surface area contributed by atoms with Crippen molar-refractivity contribution in [1.82, 2.24) is 20.2 Å². The number of carbonyl (C=O) groups excluding carboxylic acids is 1. The highest BCUT2D eigenvalue weighted by Crippen LogP contribution is 2.17. The van der Waals surface area contributed by atoms with Crippen LogP contribution < -0.4 is 15.1 Å². The minimum atomic E-state index is -0.0871. The summed E-state index contributed by atoms with van der Waals surface area (Å²) in [6, 6.07) is 9.38. The highest BCUT2D eigenvalue weighted by atomic mass is 32.1. The van der Waals surface area contributed by atoms with Crippen molar-refractivity contribution >= 4 is 34.8 Å². The first-order valence-electron chi connectivity index (χ1n) is 8.71. The van der Waals surface area contributed by atoms with Gasteiger partial charge in [0.25, 0.3) is 0 Å². The fraction of sp³-hybridized carbons (Fsp3) is 0.278. The van der Waals surface area contributed by atoms with Gasteiger partial charge in [0.15, 0.2) is 11.6 Å². The van der Waals surface area contributed by atoms with Gasteiger partial charge >= 0.3 is 0 Å². The topological polar surface area (TPSA) is 87.1 Å². The van der Waals surface area contributed by atoms with Gasteiger partial charge in [-0.3, -0.25) is 4.79 Å². The standard InChI is InChI=1S/C18H19N7OS/c26-17(13-14-3-1-12-27-14)21-15-4-5-16(23-22-15)24-8-10-25(11-9-24)18-19-6-2-7-20-18/h1-7,12H,8-11,13H2,(H,21,22,26). The third kappa shape index (κ3) is 4.37. The van der Waals surface area contributed by atoms with Gasteiger partial charge in [-0.1, -0.05) is 6.07 Å². The summed E-state index contributed by atoms with van der Waals surface area (Å²) in [6.45, 7) is 3.28. The number of carbonyl (C=O) groups is 1. The lowest BCUT2D eigenvalue weighted by Gasteiger charge is -2.35. The minimum absolute atomic E-state index is 0.0871. The molecule has 3 aromatic rings. The van der Waals surface area contributed by atoms with E-state index in [1.54, 1.807) is 29.8 Å². The molecule has 3 aromatic heterocycles. The molecule has 138 valence electrons. The predicted octanol–water partition coefficient (Wildman–Crippen LogP) is 1.84. The van der Waals surface area contributed by atoms with Crippen LogP contribution in [-0.2, 0) is 11.2 Å². The quantitative estimate of drug-likeness (QED) is 0.721. The summed E-state index contributed by atoms with van der Waals surface area (Å²) in [6.07, 6.45) is 3.86. The zero-order valence-corrected chi connectivity index (χ0v) is 15.5. The molecule has 1 N–H and O–H groups in total. The second-order valence-corrected chi connectivity index (χ2v) is 7.14. The maximum Gasteiger partial charge on any atom is 0.230 e. The molecule has 0 atom stereocenters. The van der Waals surface area contributed by atoms with E-state index in [0.717, 1.165) is 42.8 Å². The summed E-state index contributed by atoms with van der Waals surface area (Å²) in [5.41, 5.74) is 0. The van der Waals surface area contributed by atoms with Crippen LogP contribution in [-0.4, -0.2) is 52.3 Å². The lowest BCUT2D eigenvalue weighted by atomic mass is 10.3. The monoisotopic (exact) mass is 381 g/mol. The zero-order chi connectivity index (χ0) is 18.5. The van der Waals surface area contributed by atoms with Crippen LogP contribution in [0.2, 0.25) is 0 Å². The molecule has 4 heterocycles. The molecule has 4 rings (SSSR count). The normalized spacial score (nSPS) is 14.2. The van der Waals surface area contributed by atoms with Gasteiger partial charge < -0.3 is 15.1 Å². The second kappa shape index (κ2) is 8.09. The van der Waals surface area contributed by atoms with Gasteiger partial charge in [-0.15, -0.1) is 21.5 Å². The van der Waals surface area contributed by atoms with E-state index in [4.69, 9.17) is 0 Å². The predicted molar refractivity (Wildman–Crippen MR) is 105 cm³/mol. The Balaban J connectivity index is 1.31. The molecule has 0 spiro atoms. The number of anilines is 3. The van der Waals surface area contributed by atoms with Crippen molar-refractivity contribution in [2.24, 2.45) is 0 Å². The van der Waals surface area contributed by atoms with Crippen molar-refractivity contribution in [1.29, 1.82) is 0 Å². The van der Waals surface area contributed by atoms with Gasteiger partial charge in [-0.25, -0.2) is 9.97 Å². The molecule has 27 heavy (non-hydrogen) atoms. The third-order valence-electron chi connectivity index (χ3n) is 4.27. The van der Waals surface area contributed by atoms with Crippen LogP contribution in [0.15, 0.2) is 48.1 Å². The molecule has 0 bridgehead atoms. The van der Waals surface area contributed by atoms with Gasteiger partial charge in [-0.2, -0.15) is 0 Å². The van der Waals surface area contributed by atoms with Gasteiger partial charge in [0.05, 0.1) is 6.42 Å². The number of rotatable bonds is 5. The first kappa shape index (κ1) is 17.3. The Hall–Kier alpha value is -3.07. The lowest BCUT2D eigenvalue weighted by molar-refractivity contribution is -0.115. The Morgan fingerprint density at radius 2 is 1.78 bits per heavy atom. The van der Waals surface area contributed by atoms with Crippen LogP contribution in [0.4, 0.5) is 17.6 Å². The van der Waals surface area contributed by atoms with Crippen molar-refractivity contribution in [2.45, 2.75) is 6.42 Å². The maximum absolute atomic E-state index is 12.0. The Labute approximate surface area is 160 Å². The number of amides is 1. The summed E-state index contributed by atoms with van der Waals surface area (Å²) in [5, 5.41) is 13.2. The lowest BCUT2D eigenvalue weighted by Crippen LogP contribution is -2.47. The second-order valence-electron chi connectivity index (χ2n) is 6.10. The van der Waals surface area contributed by atoms with Gasteiger partial charge in [0.1, 0.15) is 0 Å². The largest absolute Gasteiger partial charge is 0.352 e. The van der Waals surface area contributed by atoms with Crippen molar-refractivity contribution < 1.29 is 4.79 Å². The van der Waals surface area contributed by atoms with E-state index in [2.05, 4.69) is 35.3 Å². The van der Waals surface area contributed by atoms with E-state index in [0.29, 0.717) is 12.2 Å². The summed E-state index contributed by atoms with van der Waals surface area (Å²) in [5.74, 6) is 1.94. The first-order valence-corrected chi connectivity index (χ1v) is 9.59. The molecule has 8 nitrogen and oxygen atoms in total. The van der Waals surface area contributed by atoms with Gasteiger partial charge in [-0.05, 0) is 29.6 Å². The number of hydrogen-bond donors (Lipinski definition) is 1. The average Bonchev–Trinajstić information content (AvgIpc) is 3.22. The highest BCUT2D eigenvalue weighted by molar-refractivity contribution is 7.10. The van der Waals surface area contributed by atoms with Crippen molar-refractivity contribution in [3.63, 3.8) is 0 Å². The summed E-state index contributed by atoms with van der Waals surface area (Å²) in [7, 11) is 0. The maximum atomic E-state index is 12.0. The van der Waals surface area contributed by atoms with Crippen LogP contribution in [0.3, 0.4) is 0 Å². The van der Waals surface area contributed by atoms with E-state index < -0.39 is 0 Å². The van der Waals surface area contributed by atoms with Gasteiger partial charge in [0, 0.05) is 43.4 Å². The van der Waals surface area contributed by atoms with Gasteiger partial charge in [0.2, 0.25) is 11.9 Å². The molecule has 0 aliphatic carbocycles. The summed E-state index contributed by atoms with van der Waals surface area (Å²) in [4.78, 5) is 26.0. The molecule has 1 fully saturated rings. The molecule has 0 radical (unpaired) electrons. The summed E-state index contributed by atoms with van der Waals surface area (Å²) >= 11 is 1.57. The molecule has 0 saturated carbocycles. The first-order chi connectivity index (χ1) is 13.3. The number of thiophene rings is 1. The average molecular weight is 381 g/mol. The van der Waals surface area contributed by atoms with Crippen molar-refractivity contribution in [2.75, 3.05) is 41.3 Å². The highest BCUT2D eigenvalue weighted by Gasteiger charge is 2.20. The fourth-order valence-electron chi connectivity index (χ4n) is 2.91. The van der Waals surface area contributed by atoms with Crippen LogP contribution in [0, 0.1) is 0 Å². The van der Waals surface area contributed by atoms with E-state index >= 15 is 0 Å². The molecule has 1 saturated heterocycles.